The van der Waals surface area contributed by atoms with E-state index >= 15 is 0 Å². The van der Waals surface area contributed by atoms with Crippen molar-refractivity contribution in [1.29, 1.82) is 0 Å². The molecule has 1 heterocycles. The zero-order chi connectivity index (χ0) is 7.56. The summed E-state index contributed by atoms with van der Waals surface area (Å²) in [6.45, 7) is 5.06. The molecule has 1 fully saturated rings. The fourth-order valence-electron chi connectivity index (χ4n) is 1.13. The van der Waals surface area contributed by atoms with Crippen LogP contribution in [0.3, 0.4) is 0 Å². The molecule has 0 bridgehead atoms. The summed E-state index contributed by atoms with van der Waals surface area (Å²) >= 11 is 0. The summed E-state index contributed by atoms with van der Waals surface area (Å²) < 4.78 is 0. The number of carbonyl (C=O) groups excluding carboxylic acids is 1. The van der Waals surface area contributed by atoms with Gasteiger partial charge in [0.25, 0.3) is 0 Å². The normalized spacial score (nSPS) is 25.9. The Morgan fingerprint density at radius 3 is 2.70 bits per heavy atom. The van der Waals surface area contributed by atoms with Crippen LogP contribution >= 0.6 is 0 Å². The second-order valence-corrected chi connectivity index (χ2v) is 3.04. The number of amides is 2. The van der Waals surface area contributed by atoms with Gasteiger partial charge in [-0.15, -0.1) is 0 Å². The second-order valence-electron chi connectivity index (χ2n) is 3.04. The van der Waals surface area contributed by atoms with Crippen LogP contribution < -0.4 is 10.6 Å². The molecule has 1 aliphatic heterocycles. The van der Waals surface area contributed by atoms with Crippen molar-refractivity contribution in [2.24, 2.45) is 5.92 Å². The molecule has 10 heavy (non-hydrogen) atoms. The molecule has 2 N–H and O–H groups in total. The van der Waals surface area contributed by atoms with E-state index in [4.69, 9.17) is 0 Å². The topological polar surface area (TPSA) is 41.1 Å². The molecule has 0 aliphatic carbocycles. The smallest absolute Gasteiger partial charge is 0.315 e. The Hall–Kier alpha value is -0.730. The Morgan fingerprint density at radius 1 is 1.60 bits per heavy atom. The molecule has 0 radical (unpaired) electrons. The molecule has 0 aromatic heterocycles. The fraction of sp³-hybridized carbons (Fsp3) is 0.857. The van der Waals surface area contributed by atoms with Crippen LogP contribution in [0.4, 0.5) is 4.79 Å². The van der Waals surface area contributed by atoms with Crippen LogP contribution in [0.1, 0.15) is 20.3 Å². The third kappa shape index (κ3) is 1.62. The first-order chi connectivity index (χ1) is 4.70. The lowest BCUT2D eigenvalue weighted by atomic mass is 10.0. The first-order valence-electron chi connectivity index (χ1n) is 3.74. The highest BCUT2D eigenvalue weighted by Crippen LogP contribution is 2.07. The van der Waals surface area contributed by atoms with Gasteiger partial charge in [-0.2, -0.15) is 0 Å². The molecule has 1 rings (SSSR count). The Kier molecular flexibility index (Phi) is 2.14. The molecular weight excluding hydrogens is 128 g/mol. The molecule has 1 unspecified atom stereocenters. The van der Waals surface area contributed by atoms with E-state index in [1.165, 1.54) is 0 Å². The summed E-state index contributed by atoms with van der Waals surface area (Å²) in [7, 11) is 0. The predicted molar refractivity (Wildman–Crippen MR) is 39.8 cm³/mol. The number of hydrogen-bond acceptors (Lipinski definition) is 1. The number of urea groups is 1. The van der Waals surface area contributed by atoms with Crippen molar-refractivity contribution in [2.75, 3.05) is 6.54 Å². The van der Waals surface area contributed by atoms with E-state index in [9.17, 15) is 4.79 Å². The van der Waals surface area contributed by atoms with E-state index in [1.54, 1.807) is 0 Å². The maximum Gasteiger partial charge on any atom is 0.315 e. The molecule has 0 saturated carbocycles. The molecule has 0 aromatic rings. The number of rotatable bonds is 1. The van der Waals surface area contributed by atoms with Crippen molar-refractivity contribution in [2.45, 2.75) is 26.3 Å². The molecule has 58 valence electrons. The van der Waals surface area contributed by atoms with Crippen LogP contribution in [0.5, 0.6) is 0 Å². The van der Waals surface area contributed by atoms with E-state index in [1.807, 2.05) is 0 Å². The van der Waals surface area contributed by atoms with Gasteiger partial charge in [-0.1, -0.05) is 13.8 Å². The third-order valence-corrected chi connectivity index (χ3v) is 1.86. The summed E-state index contributed by atoms with van der Waals surface area (Å²) in [5, 5.41) is 5.58. The van der Waals surface area contributed by atoms with Crippen molar-refractivity contribution in [3.63, 3.8) is 0 Å². The van der Waals surface area contributed by atoms with E-state index in [0.29, 0.717) is 12.0 Å². The first kappa shape index (κ1) is 7.38. The van der Waals surface area contributed by atoms with E-state index in [0.717, 1.165) is 13.0 Å². The Bertz CT molecular complexity index is 134. The zero-order valence-electron chi connectivity index (χ0n) is 6.48. The highest BCUT2D eigenvalue weighted by Gasteiger charge is 2.19. The Labute approximate surface area is 61.2 Å². The highest BCUT2D eigenvalue weighted by molar-refractivity contribution is 5.74. The first-order valence-corrected chi connectivity index (χ1v) is 3.74. The molecule has 1 aliphatic rings. The molecule has 0 spiro atoms. The van der Waals surface area contributed by atoms with Crippen LogP contribution in [0.25, 0.3) is 0 Å². The Balaban J connectivity index is 2.39. The van der Waals surface area contributed by atoms with Gasteiger partial charge in [0.15, 0.2) is 0 Å². The Morgan fingerprint density at radius 2 is 2.30 bits per heavy atom. The van der Waals surface area contributed by atoms with Gasteiger partial charge in [0, 0.05) is 12.6 Å². The fourth-order valence-corrected chi connectivity index (χ4v) is 1.13. The monoisotopic (exact) mass is 142 g/mol. The number of carbonyl (C=O) groups is 1. The van der Waals surface area contributed by atoms with Crippen LogP contribution in [-0.4, -0.2) is 18.6 Å². The van der Waals surface area contributed by atoms with Crippen LogP contribution in [0.15, 0.2) is 0 Å². The SMILES string of the molecule is CC(C)C1CCNC(=O)N1. The maximum atomic E-state index is 10.8. The van der Waals surface area contributed by atoms with Crippen molar-refractivity contribution in [3.8, 4) is 0 Å². The quantitative estimate of drug-likeness (QED) is 0.556. The van der Waals surface area contributed by atoms with E-state index in [-0.39, 0.29) is 6.03 Å². The van der Waals surface area contributed by atoms with E-state index in [2.05, 4.69) is 24.5 Å². The van der Waals surface area contributed by atoms with Gasteiger partial charge < -0.3 is 10.6 Å². The van der Waals surface area contributed by atoms with Gasteiger partial charge in [0.1, 0.15) is 0 Å². The zero-order valence-corrected chi connectivity index (χ0v) is 6.48. The number of nitrogens with one attached hydrogen (secondary N) is 2. The van der Waals surface area contributed by atoms with Gasteiger partial charge >= 0.3 is 6.03 Å². The van der Waals surface area contributed by atoms with E-state index < -0.39 is 0 Å². The van der Waals surface area contributed by atoms with Gasteiger partial charge in [0.05, 0.1) is 0 Å². The molecule has 2 amide bonds. The summed E-state index contributed by atoms with van der Waals surface area (Å²) in [6, 6.07) is 0.346. The maximum absolute atomic E-state index is 10.8. The van der Waals surface area contributed by atoms with Crippen molar-refractivity contribution < 1.29 is 4.79 Å². The van der Waals surface area contributed by atoms with Gasteiger partial charge in [-0.05, 0) is 12.3 Å². The van der Waals surface area contributed by atoms with Gasteiger partial charge in [-0.3, -0.25) is 0 Å². The number of hydrogen-bond donors (Lipinski definition) is 2. The molecule has 1 saturated heterocycles. The third-order valence-electron chi connectivity index (χ3n) is 1.86. The minimum Gasteiger partial charge on any atom is -0.338 e. The highest BCUT2D eigenvalue weighted by atomic mass is 16.2. The van der Waals surface area contributed by atoms with Crippen molar-refractivity contribution in [1.82, 2.24) is 10.6 Å². The molecule has 3 nitrogen and oxygen atoms in total. The van der Waals surface area contributed by atoms with Crippen molar-refractivity contribution in [3.05, 3.63) is 0 Å². The standard InChI is InChI=1S/C7H14N2O/c1-5(2)6-3-4-8-7(10)9-6/h5-6H,3-4H2,1-2H3,(H2,8,9,10). The minimum atomic E-state index is -0.0232. The summed E-state index contributed by atoms with van der Waals surface area (Å²) in [5.41, 5.74) is 0. The lowest BCUT2D eigenvalue weighted by Gasteiger charge is -2.26. The van der Waals surface area contributed by atoms with Gasteiger partial charge in [0.2, 0.25) is 0 Å². The second kappa shape index (κ2) is 2.90. The average molecular weight is 142 g/mol. The summed E-state index contributed by atoms with van der Waals surface area (Å²) in [4.78, 5) is 10.8. The lowest BCUT2D eigenvalue weighted by molar-refractivity contribution is 0.222. The minimum absolute atomic E-state index is 0.0232. The van der Waals surface area contributed by atoms with Crippen LogP contribution in [-0.2, 0) is 0 Å². The van der Waals surface area contributed by atoms with Gasteiger partial charge in [-0.25, -0.2) is 4.79 Å². The molecule has 0 aromatic carbocycles. The predicted octanol–water partition coefficient (Wildman–Crippen LogP) is 0.714. The van der Waals surface area contributed by atoms with Crippen molar-refractivity contribution >= 4 is 6.03 Å². The average Bonchev–Trinajstić information content (AvgIpc) is 1.88. The lowest BCUT2D eigenvalue weighted by Crippen LogP contribution is -2.51. The largest absolute Gasteiger partial charge is 0.338 e. The summed E-state index contributed by atoms with van der Waals surface area (Å²) in [5.74, 6) is 0.547. The summed E-state index contributed by atoms with van der Waals surface area (Å²) in [6.07, 6.45) is 1.05. The molecule has 3 heteroatoms. The molecular formula is C7H14N2O. The molecule has 1 atom stereocenters. The van der Waals surface area contributed by atoms with Crippen LogP contribution in [0.2, 0.25) is 0 Å². The van der Waals surface area contributed by atoms with Crippen LogP contribution in [0, 0.1) is 5.92 Å².